The Morgan fingerprint density at radius 2 is 1.97 bits per heavy atom. The zero-order chi connectivity index (χ0) is 22.2. The van der Waals surface area contributed by atoms with Crippen LogP contribution in [0.2, 0.25) is 0 Å². The molecule has 1 aromatic heterocycles. The van der Waals surface area contributed by atoms with Gasteiger partial charge in [-0.1, -0.05) is 6.07 Å². The number of hydrogen-bond acceptors (Lipinski definition) is 6. The Bertz CT molecular complexity index is 915. The largest absolute Gasteiger partial charge is 0.493 e. The SMILES string of the molecule is CN=C(NCCc1ccc(OC)c(OC)c1OC)NC1CCN(c2ncccc2F)C1.I. The number of nitrogens with zero attached hydrogens (tertiary/aromatic N) is 3. The Morgan fingerprint density at radius 3 is 2.62 bits per heavy atom. The molecule has 2 heterocycles. The lowest BCUT2D eigenvalue weighted by molar-refractivity contribution is 0.322. The van der Waals surface area contributed by atoms with Gasteiger partial charge in [-0.25, -0.2) is 9.37 Å². The zero-order valence-corrected chi connectivity index (χ0v) is 21.2. The van der Waals surface area contributed by atoms with E-state index in [4.69, 9.17) is 14.2 Å². The molecule has 1 saturated heterocycles. The van der Waals surface area contributed by atoms with E-state index in [1.165, 1.54) is 6.07 Å². The van der Waals surface area contributed by atoms with Gasteiger partial charge in [0.1, 0.15) is 0 Å². The molecule has 2 aromatic rings. The normalized spacial score (nSPS) is 15.7. The van der Waals surface area contributed by atoms with Gasteiger partial charge in [0.25, 0.3) is 0 Å². The summed E-state index contributed by atoms with van der Waals surface area (Å²) in [7, 11) is 6.54. The average Bonchev–Trinajstić information content (AvgIpc) is 3.26. The minimum absolute atomic E-state index is 0. The molecule has 10 heteroatoms. The average molecular weight is 559 g/mol. The number of nitrogens with one attached hydrogen (secondary N) is 2. The Labute approximate surface area is 205 Å². The van der Waals surface area contributed by atoms with Gasteiger partial charge in [-0.05, 0) is 31.0 Å². The van der Waals surface area contributed by atoms with Gasteiger partial charge in [0, 0.05) is 44.5 Å². The smallest absolute Gasteiger partial charge is 0.203 e. The van der Waals surface area contributed by atoms with Crippen molar-refractivity contribution in [3.05, 3.63) is 41.8 Å². The third-order valence-electron chi connectivity index (χ3n) is 5.26. The first-order valence-corrected chi connectivity index (χ1v) is 10.2. The van der Waals surface area contributed by atoms with Crippen molar-refractivity contribution in [3.63, 3.8) is 0 Å². The fourth-order valence-electron chi connectivity index (χ4n) is 3.74. The summed E-state index contributed by atoms with van der Waals surface area (Å²) in [4.78, 5) is 10.4. The molecule has 1 atom stereocenters. The van der Waals surface area contributed by atoms with Gasteiger partial charge in [0.2, 0.25) is 5.75 Å². The first-order valence-electron chi connectivity index (χ1n) is 10.2. The number of aliphatic imine (C=N–C) groups is 1. The van der Waals surface area contributed by atoms with Crippen LogP contribution in [0.3, 0.4) is 0 Å². The van der Waals surface area contributed by atoms with Crippen molar-refractivity contribution in [2.75, 3.05) is 52.9 Å². The van der Waals surface area contributed by atoms with Crippen LogP contribution in [0.5, 0.6) is 17.2 Å². The van der Waals surface area contributed by atoms with E-state index in [1.54, 1.807) is 40.6 Å². The third kappa shape index (κ3) is 6.05. The highest BCUT2D eigenvalue weighted by Crippen LogP contribution is 2.39. The lowest BCUT2D eigenvalue weighted by atomic mass is 10.1. The predicted molar refractivity (Wildman–Crippen MR) is 135 cm³/mol. The van der Waals surface area contributed by atoms with Crippen LogP contribution in [0.15, 0.2) is 35.5 Å². The van der Waals surface area contributed by atoms with Gasteiger partial charge in [0.15, 0.2) is 29.1 Å². The number of halogens is 2. The van der Waals surface area contributed by atoms with E-state index in [1.807, 2.05) is 17.0 Å². The summed E-state index contributed by atoms with van der Waals surface area (Å²) < 4.78 is 30.3. The van der Waals surface area contributed by atoms with Crippen molar-refractivity contribution in [2.45, 2.75) is 18.9 Å². The quantitative estimate of drug-likeness (QED) is 0.293. The highest BCUT2D eigenvalue weighted by molar-refractivity contribution is 14.0. The van der Waals surface area contributed by atoms with Crippen molar-refractivity contribution < 1.29 is 18.6 Å². The van der Waals surface area contributed by atoms with Crippen LogP contribution in [0.1, 0.15) is 12.0 Å². The number of hydrogen-bond donors (Lipinski definition) is 2. The number of rotatable bonds is 8. The molecular formula is C22H31FIN5O3. The predicted octanol–water partition coefficient (Wildman–Crippen LogP) is 2.85. The van der Waals surface area contributed by atoms with E-state index in [0.717, 1.165) is 18.5 Å². The zero-order valence-electron chi connectivity index (χ0n) is 18.9. The van der Waals surface area contributed by atoms with Gasteiger partial charge < -0.3 is 29.7 Å². The van der Waals surface area contributed by atoms with Crippen LogP contribution in [-0.2, 0) is 6.42 Å². The van der Waals surface area contributed by atoms with E-state index in [2.05, 4.69) is 20.6 Å². The summed E-state index contributed by atoms with van der Waals surface area (Å²) in [5.74, 6) is 2.68. The maximum absolute atomic E-state index is 14.0. The van der Waals surface area contributed by atoms with Gasteiger partial charge in [-0.2, -0.15) is 0 Å². The highest BCUT2D eigenvalue weighted by Gasteiger charge is 2.26. The molecule has 32 heavy (non-hydrogen) atoms. The minimum atomic E-state index is -0.297. The summed E-state index contributed by atoms with van der Waals surface area (Å²) in [6.07, 6.45) is 3.20. The number of aromatic nitrogens is 1. The molecule has 0 spiro atoms. The van der Waals surface area contributed by atoms with E-state index in [9.17, 15) is 4.39 Å². The molecule has 0 amide bonds. The highest BCUT2D eigenvalue weighted by atomic mass is 127. The van der Waals surface area contributed by atoms with Crippen LogP contribution in [0, 0.1) is 5.82 Å². The Morgan fingerprint density at radius 1 is 1.19 bits per heavy atom. The second kappa shape index (κ2) is 12.5. The van der Waals surface area contributed by atoms with Gasteiger partial charge >= 0.3 is 0 Å². The molecule has 176 valence electrons. The summed E-state index contributed by atoms with van der Waals surface area (Å²) in [6.45, 7) is 2.06. The molecule has 0 saturated carbocycles. The molecule has 0 aliphatic carbocycles. The van der Waals surface area contributed by atoms with Crippen molar-refractivity contribution in [3.8, 4) is 17.2 Å². The lowest BCUT2D eigenvalue weighted by Crippen LogP contribution is -2.45. The Hall–Kier alpha value is -2.50. The lowest BCUT2D eigenvalue weighted by Gasteiger charge is -2.20. The summed E-state index contributed by atoms with van der Waals surface area (Å²) in [5.41, 5.74) is 1.00. The van der Waals surface area contributed by atoms with Crippen LogP contribution in [0.4, 0.5) is 10.2 Å². The summed E-state index contributed by atoms with van der Waals surface area (Å²) >= 11 is 0. The van der Waals surface area contributed by atoms with E-state index < -0.39 is 0 Å². The van der Waals surface area contributed by atoms with Crippen LogP contribution >= 0.6 is 24.0 Å². The van der Waals surface area contributed by atoms with Crippen molar-refractivity contribution >= 4 is 35.8 Å². The molecule has 3 rings (SSSR count). The van der Waals surface area contributed by atoms with Crippen molar-refractivity contribution in [2.24, 2.45) is 4.99 Å². The molecule has 2 N–H and O–H groups in total. The topological polar surface area (TPSA) is 80.2 Å². The second-order valence-electron chi connectivity index (χ2n) is 7.13. The number of benzene rings is 1. The number of pyridine rings is 1. The van der Waals surface area contributed by atoms with Crippen LogP contribution < -0.4 is 29.7 Å². The fourth-order valence-corrected chi connectivity index (χ4v) is 3.74. The second-order valence-corrected chi connectivity index (χ2v) is 7.13. The molecule has 1 aliphatic rings. The molecular weight excluding hydrogens is 528 g/mol. The van der Waals surface area contributed by atoms with Gasteiger partial charge in [0.05, 0.1) is 21.3 Å². The first-order chi connectivity index (χ1) is 15.1. The standard InChI is InChI=1S/C22H30FN5O3.HI/c1-24-22(27-16-10-13-28(14-16)21-17(23)6-5-11-25-21)26-12-9-15-7-8-18(29-2)20(31-4)19(15)30-3;/h5-8,11,16H,9-10,12-14H2,1-4H3,(H2,24,26,27);1H. The van der Waals surface area contributed by atoms with E-state index in [-0.39, 0.29) is 35.8 Å². The minimum Gasteiger partial charge on any atom is -0.493 e. The molecule has 8 nitrogen and oxygen atoms in total. The summed E-state index contributed by atoms with van der Waals surface area (Å²) in [6, 6.07) is 7.03. The number of anilines is 1. The molecule has 1 aliphatic heterocycles. The van der Waals surface area contributed by atoms with Gasteiger partial charge in [-0.3, -0.25) is 4.99 Å². The third-order valence-corrected chi connectivity index (χ3v) is 5.26. The summed E-state index contributed by atoms with van der Waals surface area (Å²) in [5, 5.41) is 6.74. The number of guanidine groups is 1. The van der Waals surface area contributed by atoms with E-state index in [0.29, 0.717) is 48.5 Å². The molecule has 0 bridgehead atoms. The monoisotopic (exact) mass is 559 g/mol. The fraction of sp³-hybridized carbons (Fsp3) is 0.455. The van der Waals surface area contributed by atoms with Gasteiger partial charge in [-0.15, -0.1) is 24.0 Å². The van der Waals surface area contributed by atoms with Crippen molar-refractivity contribution in [1.29, 1.82) is 0 Å². The van der Waals surface area contributed by atoms with Crippen molar-refractivity contribution in [1.82, 2.24) is 15.6 Å². The number of methoxy groups -OCH3 is 3. The Kier molecular flexibility index (Phi) is 10.1. The molecule has 1 unspecified atom stereocenters. The van der Waals surface area contributed by atoms with E-state index >= 15 is 0 Å². The van der Waals surface area contributed by atoms with Crippen LogP contribution in [-0.4, -0.2) is 65.0 Å². The number of ether oxygens (including phenoxy) is 3. The molecule has 0 radical (unpaired) electrons. The maximum Gasteiger partial charge on any atom is 0.203 e. The Balaban J connectivity index is 0.00000363. The molecule has 1 fully saturated rings. The maximum atomic E-state index is 14.0. The molecule has 1 aromatic carbocycles. The first kappa shape index (κ1) is 25.8. The van der Waals surface area contributed by atoms with Crippen LogP contribution in [0.25, 0.3) is 0 Å².